The fourth-order valence-electron chi connectivity index (χ4n) is 3.96. The van der Waals surface area contributed by atoms with E-state index in [-0.39, 0.29) is 18.2 Å². The number of hydrogen-bond acceptors (Lipinski definition) is 4. The first-order valence-corrected chi connectivity index (χ1v) is 10.9. The summed E-state index contributed by atoms with van der Waals surface area (Å²) in [5.74, 6) is 0.101. The van der Waals surface area contributed by atoms with Gasteiger partial charge in [0.2, 0.25) is 0 Å². The quantitative estimate of drug-likeness (QED) is 0.412. The lowest BCUT2D eigenvalue weighted by Crippen LogP contribution is -2.44. The van der Waals surface area contributed by atoms with Crippen LogP contribution in [0, 0.1) is 0 Å². The summed E-state index contributed by atoms with van der Waals surface area (Å²) in [7, 11) is 1.61. The number of rotatable bonds is 8. The minimum atomic E-state index is -1.05. The Kier molecular flexibility index (Phi) is 6.27. The van der Waals surface area contributed by atoms with E-state index in [2.05, 4.69) is 5.32 Å². The van der Waals surface area contributed by atoms with Crippen molar-refractivity contribution in [3.63, 3.8) is 0 Å². The van der Waals surface area contributed by atoms with Crippen molar-refractivity contribution in [2.75, 3.05) is 13.7 Å². The SMILES string of the molecule is COc1ccc(CC[C@@]2(C)NC(=O)N(CC(=O)c3ccc(-c4ccccc4)cc3)C2=O)cc1. The first-order valence-electron chi connectivity index (χ1n) is 10.9. The number of Topliss-reactive ketones (excluding diaryl/α,β-unsaturated/α-hetero) is 1. The number of hydrogen-bond donors (Lipinski definition) is 1. The highest BCUT2D eigenvalue weighted by Gasteiger charge is 2.47. The van der Waals surface area contributed by atoms with Gasteiger partial charge in [0.05, 0.1) is 13.7 Å². The first-order chi connectivity index (χ1) is 15.9. The Bertz CT molecular complexity index is 1160. The predicted molar refractivity (Wildman–Crippen MR) is 126 cm³/mol. The molecule has 1 atom stereocenters. The number of carbonyl (C=O) groups is 3. The number of amides is 3. The van der Waals surface area contributed by atoms with Gasteiger partial charge in [-0.3, -0.25) is 14.5 Å². The molecule has 1 heterocycles. The molecular formula is C27H26N2O4. The first kappa shape index (κ1) is 22.3. The van der Waals surface area contributed by atoms with Crippen LogP contribution in [-0.2, 0) is 11.2 Å². The van der Waals surface area contributed by atoms with Gasteiger partial charge >= 0.3 is 6.03 Å². The molecule has 0 bridgehead atoms. The molecule has 0 aliphatic carbocycles. The van der Waals surface area contributed by atoms with Gasteiger partial charge in [0.1, 0.15) is 11.3 Å². The van der Waals surface area contributed by atoms with E-state index in [1.165, 1.54) is 0 Å². The van der Waals surface area contributed by atoms with Crippen LogP contribution in [-0.4, -0.2) is 41.8 Å². The standard InChI is InChI=1S/C27H26N2O4/c1-27(17-16-19-8-14-23(33-2)15-9-19)25(31)29(26(32)28-27)18-24(30)22-12-10-21(11-13-22)20-6-4-3-5-7-20/h3-15H,16-18H2,1-2H3,(H,28,32)/t27-/m1/s1. The predicted octanol–water partition coefficient (Wildman–Crippen LogP) is 4.49. The van der Waals surface area contributed by atoms with Gasteiger partial charge in [0.25, 0.3) is 5.91 Å². The molecule has 0 radical (unpaired) electrons. The van der Waals surface area contributed by atoms with Gasteiger partial charge in [-0.05, 0) is 48.6 Å². The van der Waals surface area contributed by atoms with Crippen LogP contribution in [0.4, 0.5) is 4.79 Å². The van der Waals surface area contributed by atoms with Crippen molar-refractivity contribution >= 4 is 17.7 Å². The number of imide groups is 1. The summed E-state index contributed by atoms with van der Waals surface area (Å²) in [6.07, 6.45) is 1.04. The molecule has 3 aromatic rings. The molecule has 0 aromatic heterocycles. The largest absolute Gasteiger partial charge is 0.497 e. The zero-order valence-electron chi connectivity index (χ0n) is 18.7. The maximum Gasteiger partial charge on any atom is 0.325 e. The second kappa shape index (κ2) is 9.28. The Morgan fingerprint density at radius 3 is 2.18 bits per heavy atom. The number of aryl methyl sites for hydroxylation is 1. The van der Waals surface area contributed by atoms with Crippen LogP contribution in [0.15, 0.2) is 78.9 Å². The third-order valence-corrected chi connectivity index (χ3v) is 6.03. The fourth-order valence-corrected chi connectivity index (χ4v) is 3.96. The molecule has 1 N–H and O–H groups in total. The lowest BCUT2D eigenvalue weighted by atomic mass is 9.93. The van der Waals surface area contributed by atoms with Crippen LogP contribution >= 0.6 is 0 Å². The third kappa shape index (κ3) is 4.80. The molecule has 1 aliphatic rings. The van der Waals surface area contributed by atoms with Crippen molar-refractivity contribution in [1.82, 2.24) is 10.2 Å². The molecule has 0 saturated carbocycles. The highest BCUT2D eigenvalue weighted by atomic mass is 16.5. The monoisotopic (exact) mass is 442 g/mol. The van der Waals surface area contributed by atoms with Crippen molar-refractivity contribution in [2.45, 2.75) is 25.3 Å². The van der Waals surface area contributed by atoms with E-state index in [0.717, 1.165) is 27.3 Å². The van der Waals surface area contributed by atoms with Gasteiger partial charge < -0.3 is 10.1 Å². The van der Waals surface area contributed by atoms with Crippen molar-refractivity contribution in [2.24, 2.45) is 0 Å². The van der Waals surface area contributed by atoms with Gasteiger partial charge in [0.15, 0.2) is 5.78 Å². The van der Waals surface area contributed by atoms with Crippen molar-refractivity contribution in [3.8, 4) is 16.9 Å². The van der Waals surface area contributed by atoms with E-state index in [1.54, 1.807) is 26.2 Å². The summed E-state index contributed by atoms with van der Waals surface area (Å²) in [5, 5.41) is 2.77. The zero-order chi connectivity index (χ0) is 23.4. The minimum absolute atomic E-state index is 0.280. The zero-order valence-corrected chi connectivity index (χ0v) is 18.7. The summed E-state index contributed by atoms with van der Waals surface area (Å²) in [4.78, 5) is 39.4. The molecule has 3 aromatic carbocycles. The van der Waals surface area contributed by atoms with Gasteiger partial charge in [-0.15, -0.1) is 0 Å². The molecule has 33 heavy (non-hydrogen) atoms. The average Bonchev–Trinajstić information content (AvgIpc) is 3.07. The number of benzene rings is 3. The average molecular weight is 443 g/mol. The maximum absolute atomic E-state index is 13.0. The van der Waals surface area contributed by atoms with Crippen molar-refractivity contribution in [1.29, 1.82) is 0 Å². The summed E-state index contributed by atoms with van der Waals surface area (Å²) in [6, 6.07) is 24.1. The third-order valence-electron chi connectivity index (χ3n) is 6.03. The molecule has 3 amide bonds. The number of nitrogens with zero attached hydrogens (tertiary/aromatic N) is 1. The highest BCUT2D eigenvalue weighted by Crippen LogP contribution is 2.25. The lowest BCUT2D eigenvalue weighted by Gasteiger charge is -2.21. The normalized spacial score (nSPS) is 17.7. The molecule has 0 spiro atoms. The summed E-state index contributed by atoms with van der Waals surface area (Å²) in [6.45, 7) is 1.42. The minimum Gasteiger partial charge on any atom is -0.497 e. The Balaban J connectivity index is 1.40. The Hall–Kier alpha value is -3.93. The van der Waals surface area contributed by atoms with E-state index in [9.17, 15) is 14.4 Å². The number of ether oxygens (including phenoxy) is 1. The summed E-state index contributed by atoms with van der Waals surface area (Å²) in [5.41, 5.74) is 2.50. The van der Waals surface area contributed by atoms with Gasteiger partial charge in [-0.25, -0.2) is 4.79 Å². The maximum atomic E-state index is 13.0. The molecule has 168 valence electrons. The summed E-state index contributed by atoms with van der Waals surface area (Å²) >= 11 is 0. The Labute approximate surface area is 193 Å². The van der Waals surface area contributed by atoms with Crippen LogP contribution < -0.4 is 10.1 Å². The summed E-state index contributed by atoms with van der Waals surface area (Å²) < 4.78 is 5.16. The van der Waals surface area contributed by atoms with Crippen LogP contribution in [0.2, 0.25) is 0 Å². The van der Waals surface area contributed by atoms with E-state index in [1.807, 2.05) is 66.7 Å². The molecule has 1 aliphatic heterocycles. The van der Waals surface area contributed by atoms with Crippen molar-refractivity contribution < 1.29 is 19.1 Å². The number of urea groups is 1. The number of ketones is 1. The molecule has 6 nitrogen and oxygen atoms in total. The topological polar surface area (TPSA) is 75.7 Å². The van der Waals surface area contributed by atoms with E-state index < -0.39 is 11.6 Å². The van der Waals surface area contributed by atoms with Crippen molar-refractivity contribution in [3.05, 3.63) is 90.0 Å². The van der Waals surface area contributed by atoms with Gasteiger partial charge in [0, 0.05) is 5.56 Å². The van der Waals surface area contributed by atoms with E-state index >= 15 is 0 Å². The van der Waals surface area contributed by atoms with Gasteiger partial charge in [-0.2, -0.15) is 0 Å². The smallest absolute Gasteiger partial charge is 0.325 e. The number of nitrogens with one attached hydrogen (secondary N) is 1. The number of methoxy groups -OCH3 is 1. The van der Waals surface area contributed by atoms with E-state index in [0.29, 0.717) is 18.4 Å². The molecule has 1 saturated heterocycles. The Morgan fingerprint density at radius 1 is 0.909 bits per heavy atom. The van der Waals surface area contributed by atoms with Crippen LogP contribution in [0.1, 0.15) is 29.3 Å². The van der Waals surface area contributed by atoms with E-state index in [4.69, 9.17) is 4.74 Å². The number of carbonyl (C=O) groups excluding carboxylic acids is 3. The van der Waals surface area contributed by atoms with Crippen LogP contribution in [0.5, 0.6) is 5.75 Å². The van der Waals surface area contributed by atoms with Gasteiger partial charge in [-0.1, -0.05) is 66.7 Å². The fraction of sp³-hybridized carbons (Fsp3) is 0.222. The molecule has 6 heteroatoms. The molecule has 1 fully saturated rings. The molecule has 0 unspecified atom stereocenters. The lowest BCUT2D eigenvalue weighted by molar-refractivity contribution is -0.130. The highest BCUT2D eigenvalue weighted by molar-refractivity contribution is 6.11. The second-order valence-electron chi connectivity index (χ2n) is 8.37. The second-order valence-corrected chi connectivity index (χ2v) is 8.37. The molecule has 4 rings (SSSR count). The van der Waals surface area contributed by atoms with Crippen LogP contribution in [0.3, 0.4) is 0 Å². The molecular weight excluding hydrogens is 416 g/mol. The Morgan fingerprint density at radius 2 is 1.55 bits per heavy atom. The van der Waals surface area contributed by atoms with Crippen LogP contribution in [0.25, 0.3) is 11.1 Å².